The first-order chi connectivity index (χ1) is 6.86. The Hall–Kier alpha value is -0.840. The van der Waals surface area contributed by atoms with Crippen LogP contribution in [0.5, 0.6) is 0 Å². The molecule has 1 saturated heterocycles. The quantitative estimate of drug-likeness (QED) is 0.780. The maximum Gasteiger partial charge on any atom is 0.211 e. The lowest BCUT2D eigenvalue weighted by atomic mass is 10.2. The molecule has 5 heteroatoms. The van der Waals surface area contributed by atoms with E-state index in [1.165, 1.54) is 6.26 Å². The average Bonchev–Trinajstić information content (AvgIpc) is 2.72. The summed E-state index contributed by atoms with van der Waals surface area (Å²) in [6.07, 6.45) is 1.53. The number of nitrogens with zero attached hydrogens (tertiary/aromatic N) is 1. The largest absolute Gasteiger partial charge is 0.461 e. The van der Waals surface area contributed by atoms with Gasteiger partial charge in [0, 0.05) is 26.2 Å². The van der Waals surface area contributed by atoms with Gasteiger partial charge in [-0.05, 0) is 12.1 Å². The third kappa shape index (κ3) is 3.34. The zero-order valence-corrected chi connectivity index (χ0v) is 9.26. The minimum Gasteiger partial charge on any atom is -0.461 e. The van der Waals surface area contributed by atoms with Crippen LogP contribution in [0.2, 0.25) is 0 Å². The molecule has 4 nitrogen and oxygen atoms in total. The van der Waals surface area contributed by atoms with Gasteiger partial charge in [-0.3, -0.25) is 9.69 Å². The molecule has 0 bridgehead atoms. The first-order valence-electron chi connectivity index (χ1n) is 4.86. The summed E-state index contributed by atoms with van der Waals surface area (Å²) < 4.78 is 5.04. The molecule has 0 atom stereocenters. The molecule has 1 N–H and O–H groups in total. The average molecular weight is 231 g/mol. The molecule has 1 aliphatic rings. The van der Waals surface area contributed by atoms with Crippen molar-refractivity contribution in [2.45, 2.75) is 0 Å². The molecule has 15 heavy (non-hydrogen) atoms. The fraction of sp³-hybridized carbons (Fsp3) is 0.500. The van der Waals surface area contributed by atoms with Crippen LogP contribution < -0.4 is 5.32 Å². The molecule has 0 unspecified atom stereocenters. The number of furan rings is 1. The van der Waals surface area contributed by atoms with Gasteiger partial charge in [0.1, 0.15) is 0 Å². The number of halogens is 1. The third-order valence-corrected chi connectivity index (χ3v) is 2.37. The van der Waals surface area contributed by atoms with Gasteiger partial charge in [0.25, 0.3) is 0 Å². The Morgan fingerprint density at radius 1 is 1.47 bits per heavy atom. The summed E-state index contributed by atoms with van der Waals surface area (Å²) in [6, 6.07) is 3.45. The van der Waals surface area contributed by atoms with Crippen molar-refractivity contribution in [3.63, 3.8) is 0 Å². The lowest BCUT2D eigenvalue weighted by Crippen LogP contribution is -2.45. The number of carbonyl (C=O) groups is 1. The zero-order chi connectivity index (χ0) is 9.80. The van der Waals surface area contributed by atoms with Crippen molar-refractivity contribution in [3.05, 3.63) is 24.2 Å². The smallest absolute Gasteiger partial charge is 0.211 e. The van der Waals surface area contributed by atoms with E-state index in [9.17, 15) is 4.79 Å². The highest BCUT2D eigenvalue weighted by molar-refractivity contribution is 5.94. The highest BCUT2D eigenvalue weighted by atomic mass is 35.5. The number of ketones is 1. The van der Waals surface area contributed by atoms with Crippen molar-refractivity contribution >= 4 is 18.2 Å². The van der Waals surface area contributed by atoms with Gasteiger partial charge in [0.05, 0.1) is 12.8 Å². The molecule has 0 spiro atoms. The Labute approximate surface area is 95.0 Å². The van der Waals surface area contributed by atoms with Gasteiger partial charge >= 0.3 is 0 Å². The van der Waals surface area contributed by atoms with E-state index in [4.69, 9.17) is 4.42 Å². The first-order valence-corrected chi connectivity index (χ1v) is 4.86. The second-order valence-electron chi connectivity index (χ2n) is 3.43. The van der Waals surface area contributed by atoms with E-state index in [-0.39, 0.29) is 18.2 Å². The summed E-state index contributed by atoms with van der Waals surface area (Å²) in [4.78, 5) is 13.8. The summed E-state index contributed by atoms with van der Waals surface area (Å²) >= 11 is 0. The number of hydrogen-bond donors (Lipinski definition) is 1. The molecule has 0 aliphatic carbocycles. The van der Waals surface area contributed by atoms with Gasteiger partial charge in [-0.2, -0.15) is 0 Å². The lowest BCUT2D eigenvalue weighted by molar-refractivity contribution is 0.0894. The van der Waals surface area contributed by atoms with Crippen molar-refractivity contribution in [1.82, 2.24) is 10.2 Å². The maximum atomic E-state index is 11.6. The van der Waals surface area contributed by atoms with Crippen molar-refractivity contribution < 1.29 is 9.21 Å². The molecule has 0 aromatic carbocycles. The molecule has 1 aliphatic heterocycles. The van der Waals surface area contributed by atoms with E-state index >= 15 is 0 Å². The SMILES string of the molecule is Cl.O=C(CN1CCNCC1)c1ccco1. The van der Waals surface area contributed by atoms with E-state index < -0.39 is 0 Å². The van der Waals surface area contributed by atoms with Crippen LogP contribution in [0.25, 0.3) is 0 Å². The molecule has 0 saturated carbocycles. The van der Waals surface area contributed by atoms with Crippen molar-refractivity contribution in [1.29, 1.82) is 0 Å². The Balaban J connectivity index is 0.00000112. The predicted octanol–water partition coefficient (Wildman–Crippen LogP) is 0.789. The molecule has 2 heterocycles. The Morgan fingerprint density at radius 3 is 2.80 bits per heavy atom. The molecular weight excluding hydrogens is 216 g/mol. The minimum absolute atomic E-state index is 0. The maximum absolute atomic E-state index is 11.6. The number of rotatable bonds is 3. The molecule has 1 fully saturated rings. The molecule has 1 aromatic heterocycles. The Bertz CT molecular complexity index is 294. The van der Waals surface area contributed by atoms with Crippen LogP contribution in [0.15, 0.2) is 22.8 Å². The second kappa shape index (κ2) is 5.90. The first kappa shape index (κ1) is 12.2. The number of hydrogen-bond acceptors (Lipinski definition) is 4. The van der Waals surface area contributed by atoms with Crippen LogP contribution in [0.1, 0.15) is 10.6 Å². The van der Waals surface area contributed by atoms with Crippen molar-refractivity contribution in [2.24, 2.45) is 0 Å². The van der Waals surface area contributed by atoms with Gasteiger partial charge in [0.2, 0.25) is 5.78 Å². The topological polar surface area (TPSA) is 45.5 Å². The van der Waals surface area contributed by atoms with Crippen LogP contribution >= 0.6 is 12.4 Å². The normalized spacial score (nSPS) is 17.1. The van der Waals surface area contributed by atoms with Gasteiger partial charge in [-0.25, -0.2) is 0 Å². The van der Waals surface area contributed by atoms with Crippen LogP contribution in [-0.4, -0.2) is 43.4 Å². The van der Waals surface area contributed by atoms with Crippen LogP contribution in [-0.2, 0) is 0 Å². The van der Waals surface area contributed by atoms with Crippen LogP contribution in [0.3, 0.4) is 0 Å². The highest BCUT2D eigenvalue weighted by Gasteiger charge is 2.15. The van der Waals surface area contributed by atoms with Gasteiger partial charge in [-0.1, -0.05) is 0 Å². The summed E-state index contributed by atoms with van der Waals surface area (Å²) in [5.74, 6) is 0.528. The molecule has 84 valence electrons. The van der Waals surface area contributed by atoms with E-state index in [2.05, 4.69) is 10.2 Å². The Kier molecular flexibility index (Phi) is 4.81. The fourth-order valence-electron chi connectivity index (χ4n) is 1.59. The summed E-state index contributed by atoms with van der Waals surface area (Å²) in [5, 5.41) is 3.25. The van der Waals surface area contributed by atoms with Crippen LogP contribution in [0, 0.1) is 0 Å². The summed E-state index contributed by atoms with van der Waals surface area (Å²) in [7, 11) is 0. The van der Waals surface area contributed by atoms with E-state index in [1.807, 2.05) is 0 Å². The number of piperazine rings is 1. The number of Topliss-reactive ketones (excluding diaryl/α,β-unsaturated/α-hetero) is 1. The highest BCUT2D eigenvalue weighted by Crippen LogP contribution is 2.03. The third-order valence-electron chi connectivity index (χ3n) is 2.37. The van der Waals surface area contributed by atoms with Gasteiger partial charge in [-0.15, -0.1) is 12.4 Å². The molecule has 0 amide bonds. The fourth-order valence-corrected chi connectivity index (χ4v) is 1.59. The summed E-state index contributed by atoms with van der Waals surface area (Å²) in [5.41, 5.74) is 0. The van der Waals surface area contributed by atoms with Gasteiger partial charge < -0.3 is 9.73 Å². The minimum atomic E-state index is 0. The molecule has 1 aromatic rings. The molecular formula is C10H15ClN2O2. The predicted molar refractivity (Wildman–Crippen MR) is 59.6 cm³/mol. The lowest BCUT2D eigenvalue weighted by Gasteiger charge is -2.25. The zero-order valence-electron chi connectivity index (χ0n) is 8.44. The van der Waals surface area contributed by atoms with Crippen molar-refractivity contribution in [3.8, 4) is 0 Å². The van der Waals surface area contributed by atoms with Crippen LogP contribution in [0.4, 0.5) is 0 Å². The van der Waals surface area contributed by atoms with E-state index in [1.54, 1.807) is 12.1 Å². The number of carbonyl (C=O) groups excluding carboxylic acids is 1. The standard InChI is InChI=1S/C10H14N2O2.ClH/c13-9(10-2-1-7-14-10)8-12-5-3-11-4-6-12;/h1-2,7,11H,3-6,8H2;1H. The van der Waals surface area contributed by atoms with Crippen molar-refractivity contribution in [2.75, 3.05) is 32.7 Å². The molecule has 2 rings (SSSR count). The summed E-state index contributed by atoms with van der Waals surface area (Å²) in [6.45, 7) is 4.27. The second-order valence-corrected chi connectivity index (χ2v) is 3.43. The molecule has 0 radical (unpaired) electrons. The number of nitrogens with one attached hydrogen (secondary N) is 1. The van der Waals surface area contributed by atoms with E-state index in [0.717, 1.165) is 26.2 Å². The van der Waals surface area contributed by atoms with Gasteiger partial charge in [0.15, 0.2) is 5.76 Å². The van der Waals surface area contributed by atoms with E-state index in [0.29, 0.717) is 12.3 Å². The Morgan fingerprint density at radius 2 is 2.20 bits per heavy atom. The monoisotopic (exact) mass is 230 g/mol.